The van der Waals surface area contributed by atoms with E-state index >= 15 is 0 Å². The quantitative estimate of drug-likeness (QED) is 0.254. The number of nitrogens with one attached hydrogen (secondary N) is 2. The normalized spacial score (nSPS) is 10.6. The van der Waals surface area contributed by atoms with Gasteiger partial charge in [0.05, 0.1) is 4.92 Å². The fourth-order valence-corrected chi connectivity index (χ4v) is 2.57. The fourth-order valence-electron chi connectivity index (χ4n) is 2.45. The molecule has 0 saturated heterocycles. The van der Waals surface area contributed by atoms with Gasteiger partial charge in [0.1, 0.15) is 24.7 Å². The third-order valence-electron chi connectivity index (χ3n) is 4.03. The molecule has 1 aromatic carbocycles. The van der Waals surface area contributed by atoms with Gasteiger partial charge in [-0.2, -0.15) is 10.1 Å². The Labute approximate surface area is 185 Å². The predicted octanol–water partition coefficient (Wildman–Crippen LogP) is 1.11. The molecule has 13 nitrogen and oxygen atoms in total. The molecule has 168 valence electrons. The molecule has 2 amide bonds. The lowest BCUT2D eigenvalue weighted by Gasteiger charge is -2.08. The van der Waals surface area contributed by atoms with Gasteiger partial charge in [0.2, 0.25) is 0 Å². The standard InChI is InChI=1S/C18H18ClN7O6/c1-11-6-13(2-3-14(11)19)31-10-16(27)20-4-5-21-17(28)18-23-15(24-32-18)9-25-8-12(7-22-25)26(29)30/h2-3,6-8H,4-5,9-10H2,1H3,(H,20,27)(H,21,28). The number of aromatic nitrogens is 4. The van der Waals surface area contributed by atoms with Gasteiger partial charge in [-0.05, 0) is 30.7 Å². The van der Waals surface area contributed by atoms with E-state index in [9.17, 15) is 19.7 Å². The van der Waals surface area contributed by atoms with Crippen LogP contribution in [0.25, 0.3) is 0 Å². The fraction of sp³-hybridized carbons (Fsp3) is 0.278. The third-order valence-corrected chi connectivity index (χ3v) is 4.45. The van der Waals surface area contributed by atoms with E-state index in [-0.39, 0.29) is 49.6 Å². The minimum absolute atomic E-state index is 0.00613. The second kappa shape index (κ2) is 10.3. The SMILES string of the molecule is Cc1cc(OCC(=O)NCCNC(=O)c2nc(Cn3cc([N+](=O)[O-])cn3)no2)ccc1Cl. The highest BCUT2D eigenvalue weighted by molar-refractivity contribution is 6.31. The van der Waals surface area contributed by atoms with Gasteiger partial charge in [-0.25, -0.2) is 0 Å². The van der Waals surface area contributed by atoms with Gasteiger partial charge in [0.25, 0.3) is 5.91 Å². The summed E-state index contributed by atoms with van der Waals surface area (Å²) >= 11 is 5.94. The topological polar surface area (TPSA) is 167 Å². The maximum absolute atomic E-state index is 12.1. The van der Waals surface area contributed by atoms with Crippen molar-refractivity contribution >= 4 is 29.1 Å². The molecule has 0 bridgehead atoms. The van der Waals surface area contributed by atoms with Crippen LogP contribution in [0, 0.1) is 17.0 Å². The van der Waals surface area contributed by atoms with Crippen LogP contribution < -0.4 is 15.4 Å². The highest BCUT2D eigenvalue weighted by Crippen LogP contribution is 2.20. The molecule has 0 aliphatic heterocycles. The Morgan fingerprint density at radius 2 is 2.09 bits per heavy atom. The molecule has 3 rings (SSSR count). The van der Waals surface area contributed by atoms with Crippen molar-refractivity contribution in [2.75, 3.05) is 19.7 Å². The first kappa shape index (κ1) is 22.7. The number of halogens is 1. The number of carbonyl (C=O) groups is 2. The summed E-state index contributed by atoms with van der Waals surface area (Å²) < 4.78 is 11.5. The number of carbonyl (C=O) groups excluding carboxylic acids is 2. The molecule has 0 atom stereocenters. The van der Waals surface area contributed by atoms with Crippen molar-refractivity contribution in [3.05, 3.63) is 63.0 Å². The largest absolute Gasteiger partial charge is 0.484 e. The Morgan fingerprint density at radius 3 is 2.81 bits per heavy atom. The van der Waals surface area contributed by atoms with Crippen LogP contribution in [0.4, 0.5) is 5.69 Å². The molecule has 0 radical (unpaired) electrons. The van der Waals surface area contributed by atoms with E-state index < -0.39 is 10.8 Å². The lowest BCUT2D eigenvalue weighted by molar-refractivity contribution is -0.385. The van der Waals surface area contributed by atoms with E-state index in [1.54, 1.807) is 18.2 Å². The number of nitrogens with zero attached hydrogens (tertiary/aromatic N) is 5. The molecule has 0 fully saturated rings. The van der Waals surface area contributed by atoms with Crippen molar-refractivity contribution in [2.24, 2.45) is 0 Å². The number of rotatable bonds is 10. The number of benzene rings is 1. The van der Waals surface area contributed by atoms with E-state index in [0.29, 0.717) is 10.8 Å². The highest BCUT2D eigenvalue weighted by Gasteiger charge is 2.16. The second-order valence-electron chi connectivity index (χ2n) is 6.47. The van der Waals surface area contributed by atoms with Gasteiger partial charge in [-0.3, -0.25) is 24.4 Å². The van der Waals surface area contributed by atoms with Crippen LogP contribution in [0.1, 0.15) is 22.1 Å². The zero-order valence-corrected chi connectivity index (χ0v) is 17.5. The van der Waals surface area contributed by atoms with Crippen molar-refractivity contribution in [1.82, 2.24) is 30.6 Å². The molecule has 0 spiro atoms. The zero-order valence-electron chi connectivity index (χ0n) is 16.8. The Bertz CT molecular complexity index is 1130. The number of aryl methyl sites for hydroxylation is 1. The van der Waals surface area contributed by atoms with Crippen LogP contribution >= 0.6 is 11.6 Å². The van der Waals surface area contributed by atoms with Crippen LogP contribution in [-0.2, 0) is 11.3 Å². The summed E-state index contributed by atoms with van der Waals surface area (Å²) in [7, 11) is 0. The van der Waals surface area contributed by atoms with Crippen LogP contribution in [0.2, 0.25) is 5.02 Å². The number of hydrogen-bond donors (Lipinski definition) is 2. The molecule has 0 saturated carbocycles. The summed E-state index contributed by atoms with van der Waals surface area (Å²) in [4.78, 5) is 37.9. The Balaban J connectivity index is 1.37. The monoisotopic (exact) mass is 463 g/mol. The molecule has 2 N–H and O–H groups in total. The number of ether oxygens (including phenoxy) is 1. The third kappa shape index (κ3) is 6.25. The van der Waals surface area contributed by atoms with Gasteiger partial charge in [0.15, 0.2) is 12.4 Å². The maximum atomic E-state index is 12.1. The summed E-state index contributed by atoms with van der Waals surface area (Å²) in [5, 5.41) is 23.8. The van der Waals surface area contributed by atoms with Crippen LogP contribution in [0.5, 0.6) is 5.75 Å². The molecule has 32 heavy (non-hydrogen) atoms. The Hall–Kier alpha value is -4.00. The number of nitro groups is 1. The molecule has 0 aliphatic rings. The molecule has 2 aromatic heterocycles. The van der Waals surface area contributed by atoms with E-state index in [0.717, 1.165) is 11.8 Å². The van der Waals surface area contributed by atoms with Crippen molar-refractivity contribution in [3.8, 4) is 5.75 Å². The van der Waals surface area contributed by atoms with Crippen molar-refractivity contribution in [3.63, 3.8) is 0 Å². The van der Waals surface area contributed by atoms with Crippen molar-refractivity contribution < 1.29 is 23.8 Å². The molecule has 0 unspecified atom stereocenters. The first-order valence-electron chi connectivity index (χ1n) is 9.25. The average Bonchev–Trinajstić information content (AvgIpc) is 3.42. The average molecular weight is 464 g/mol. The van der Waals surface area contributed by atoms with E-state index in [4.69, 9.17) is 20.9 Å². The van der Waals surface area contributed by atoms with Crippen molar-refractivity contribution in [1.29, 1.82) is 0 Å². The second-order valence-corrected chi connectivity index (χ2v) is 6.88. The van der Waals surface area contributed by atoms with Gasteiger partial charge in [-0.15, -0.1) is 0 Å². The summed E-state index contributed by atoms with van der Waals surface area (Å²) in [6.07, 6.45) is 2.29. The van der Waals surface area contributed by atoms with Crippen LogP contribution in [-0.4, -0.2) is 56.4 Å². The van der Waals surface area contributed by atoms with E-state index in [2.05, 4.69) is 25.9 Å². The smallest absolute Gasteiger partial charge is 0.316 e. The Morgan fingerprint density at radius 1 is 1.31 bits per heavy atom. The maximum Gasteiger partial charge on any atom is 0.316 e. The van der Waals surface area contributed by atoms with Gasteiger partial charge in [-0.1, -0.05) is 16.8 Å². The zero-order chi connectivity index (χ0) is 23.1. The number of hydrogen-bond acceptors (Lipinski definition) is 9. The molecule has 0 aliphatic carbocycles. The van der Waals surface area contributed by atoms with Crippen LogP contribution in [0.15, 0.2) is 35.1 Å². The first-order valence-corrected chi connectivity index (χ1v) is 9.63. The lowest BCUT2D eigenvalue weighted by atomic mass is 10.2. The molecule has 14 heteroatoms. The van der Waals surface area contributed by atoms with Gasteiger partial charge >= 0.3 is 17.5 Å². The number of amides is 2. The van der Waals surface area contributed by atoms with Gasteiger partial charge in [0, 0.05) is 18.1 Å². The summed E-state index contributed by atoms with van der Waals surface area (Å²) in [6, 6.07) is 5.07. The Kier molecular flexibility index (Phi) is 7.33. The molecular weight excluding hydrogens is 446 g/mol. The van der Waals surface area contributed by atoms with E-state index in [1.165, 1.54) is 10.9 Å². The lowest BCUT2D eigenvalue weighted by Crippen LogP contribution is -2.36. The van der Waals surface area contributed by atoms with E-state index in [1.807, 2.05) is 6.92 Å². The minimum Gasteiger partial charge on any atom is -0.484 e. The summed E-state index contributed by atoms with van der Waals surface area (Å²) in [6.45, 7) is 1.91. The minimum atomic E-state index is -0.627. The van der Waals surface area contributed by atoms with Crippen LogP contribution in [0.3, 0.4) is 0 Å². The molecule has 2 heterocycles. The summed E-state index contributed by atoms with van der Waals surface area (Å²) in [5.74, 6) is -0.629. The molecule has 3 aromatic rings. The molecular formula is C18H18ClN7O6. The summed E-state index contributed by atoms with van der Waals surface area (Å²) in [5.41, 5.74) is 0.657. The van der Waals surface area contributed by atoms with Crippen molar-refractivity contribution in [2.45, 2.75) is 13.5 Å². The predicted molar refractivity (Wildman–Crippen MR) is 109 cm³/mol. The highest BCUT2D eigenvalue weighted by atomic mass is 35.5. The van der Waals surface area contributed by atoms with Gasteiger partial charge < -0.3 is 19.9 Å². The first-order chi connectivity index (χ1) is 15.3.